The highest BCUT2D eigenvalue weighted by Gasteiger charge is 2.14. The molecule has 4 aromatic rings. The Labute approximate surface area is 161 Å². The Hall–Kier alpha value is -3.28. The second-order valence-electron chi connectivity index (χ2n) is 7.91. The molecule has 6 heteroatoms. The fraction of sp³-hybridized carbons (Fsp3) is 0.227. The summed E-state index contributed by atoms with van der Waals surface area (Å²) >= 11 is 0. The van der Waals surface area contributed by atoms with Crippen LogP contribution in [0.2, 0.25) is 0 Å². The molecule has 5 nitrogen and oxygen atoms in total. The molecule has 4 rings (SSSR count). The van der Waals surface area contributed by atoms with E-state index >= 15 is 0 Å². The Morgan fingerprint density at radius 3 is 2.36 bits per heavy atom. The number of nitrogens with one attached hydrogen (secondary N) is 1. The van der Waals surface area contributed by atoms with Gasteiger partial charge in [0.25, 0.3) is 5.56 Å². The van der Waals surface area contributed by atoms with Crippen molar-refractivity contribution in [1.29, 1.82) is 0 Å². The third-order valence-corrected chi connectivity index (χ3v) is 4.77. The molecular formula is C22H21FN4O. The molecule has 1 N–H and O–H groups in total. The molecule has 0 atom stereocenters. The average molecular weight is 376 g/mol. The summed E-state index contributed by atoms with van der Waals surface area (Å²) < 4.78 is 14.9. The molecule has 0 radical (unpaired) electrons. The van der Waals surface area contributed by atoms with Crippen LogP contribution in [-0.4, -0.2) is 19.5 Å². The van der Waals surface area contributed by atoms with Gasteiger partial charge in [0.15, 0.2) is 11.2 Å². The first-order valence-corrected chi connectivity index (χ1v) is 9.12. The van der Waals surface area contributed by atoms with Gasteiger partial charge in [0.2, 0.25) is 0 Å². The van der Waals surface area contributed by atoms with Crippen LogP contribution in [0, 0.1) is 5.82 Å². The van der Waals surface area contributed by atoms with Gasteiger partial charge in [-0.05, 0) is 40.8 Å². The first-order valence-electron chi connectivity index (χ1n) is 9.12. The quantitative estimate of drug-likeness (QED) is 0.581. The highest BCUT2D eigenvalue weighted by molar-refractivity contribution is 5.72. The average Bonchev–Trinajstić information content (AvgIpc) is 3.05. The number of halogens is 1. The van der Waals surface area contributed by atoms with Gasteiger partial charge in [0.1, 0.15) is 11.6 Å². The molecule has 2 aromatic carbocycles. The highest BCUT2D eigenvalue weighted by atomic mass is 19.1. The number of H-pyrrole nitrogens is 1. The lowest BCUT2D eigenvalue weighted by Gasteiger charge is -2.19. The Bertz CT molecular complexity index is 1180. The molecule has 0 unspecified atom stereocenters. The van der Waals surface area contributed by atoms with Gasteiger partial charge in [-0.1, -0.05) is 45.0 Å². The van der Waals surface area contributed by atoms with E-state index in [1.807, 2.05) is 0 Å². The number of imidazole rings is 1. The van der Waals surface area contributed by atoms with Crippen LogP contribution in [-0.2, 0) is 12.0 Å². The van der Waals surface area contributed by atoms with E-state index in [1.165, 1.54) is 17.7 Å². The molecule has 28 heavy (non-hydrogen) atoms. The third kappa shape index (κ3) is 3.45. The molecule has 0 aliphatic rings. The number of hydrogen-bond acceptors (Lipinski definition) is 3. The molecular weight excluding hydrogens is 355 g/mol. The van der Waals surface area contributed by atoms with E-state index in [1.54, 1.807) is 23.0 Å². The largest absolute Gasteiger partial charge is 0.320 e. The summed E-state index contributed by atoms with van der Waals surface area (Å²) in [6, 6.07) is 14.2. The van der Waals surface area contributed by atoms with Crippen LogP contribution in [0.5, 0.6) is 0 Å². The van der Waals surface area contributed by atoms with Gasteiger partial charge in [-0.15, -0.1) is 0 Å². The van der Waals surface area contributed by atoms with E-state index in [2.05, 4.69) is 60.0 Å². The number of fused-ring (bicyclic) bond motifs is 1. The molecule has 142 valence electrons. The Balaban J connectivity index is 1.68. The number of rotatable bonds is 3. The van der Waals surface area contributed by atoms with E-state index in [-0.39, 0.29) is 16.8 Å². The first kappa shape index (κ1) is 18.1. The maximum Gasteiger partial charge on any atom is 0.277 e. The summed E-state index contributed by atoms with van der Waals surface area (Å²) in [5, 5.41) is 0. The van der Waals surface area contributed by atoms with Crippen molar-refractivity contribution in [3.63, 3.8) is 0 Å². The van der Waals surface area contributed by atoms with Crippen molar-refractivity contribution in [3.8, 4) is 11.4 Å². The van der Waals surface area contributed by atoms with E-state index in [4.69, 9.17) is 0 Å². The SMILES string of the molecule is CC(C)(C)c1ccc(Cn2cnc3nc(-c4ccc(F)cc4)[nH]c(=O)c32)cc1. The lowest BCUT2D eigenvalue weighted by Crippen LogP contribution is -2.14. The van der Waals surface area contributed by atoms with Crippen molar-refractivity contribution in [2.24, 2.45) is 0 Å². The predicted molar refractivity (Wildman–Crippen MR) is 108 cm³/mol. The molecule has 2 aromatic heterocycles. The molecule has 0 aliphatic heterocycles. The minimum absolute atomic E-state index is 0.0953. The maximum atomic E-state index is 13.1. The monoisotopic (exact) mass is 376 g/mol. The van der Waals surface area contributed by atoms with Gasteiger partial charge >= 0.3 is 0 Å². The van der Waals surface area contributed by atoms with Crippen LogP contribution in [0.15, 0.2) is 59.7 Å². The molecule has 0 saturated carbocycles. The lowest BCUT2D eigenvalue weighted by atomic mass is 9.87. The van der Waals surface area contributed by atoms with Crippen LogP contribution in [0.25, 0.3) is 22.6 Å². The summed E-state index contributed by atoms with van der Waals surface area (Å²) in [4.78, 5) is 24.2. The van der Waals surface area contributed by atoms with Crippen LogP contribution < -0.4 is 5.56 Å². The van der Waals surface area contributed by atoms with E-state index < -0.39 is 0 Å². The molecule has 0 bridgehead atoms. The molecule has 0 saturated heterocycles. The van der Waals surface area contributed by atoms with Crippen molar-refractivity contribution in [2.45, 2.75) is 32.7 Å². The number of hydrogen-bond donors (Lipinski definition) is 1. The Morgan fingerprint density at radius 2 is 1.71 bits per heavy atom. The zero-order chi connectivity index (χ0) is 19.9. The van der Waals surface area contributed by atoms with Gasteiger partial charge in [-0.2, -0.15) is 0 Å². The summed E-state index contributed by atoms with van der Waals surface area (Å²) in [5.41, 5.74) is 3.59. The van der Waals surface area contributed by atoms with E-state index in [9.17, 15) is 9.18 Å². The highest BCUT2D eigenvalue weighted by Crippen LogP contribution is 2.23. The van der Waals surface area contributed by atoms with Gasteiger partial charge < -0.3 is 9.55 Å². The van der Waals surface area contributed by atoms with E-state index in [0.717, 1.165) is 5.56 Å². The first-order chi connectivity index (χ1) is 13.3. The van der Waals surface area contributed by atoms with Crippen molar-refractivity contribution in [3.05, 3.63) is 82.2 Å². The number of nitrogens with zero attached hydrogens (tertiary/aromatic N) is 3. The van der Waals surface area contributed by atoms with E-state index in [0.29, 0.717) is 29.1 Å². The zero-order valence-corrected chi connectivity index (χ0v) is 16.0. The second-order valence-corrected chi connectivity index (χ2v) is 7.91. The lowest BCUT2D eigenvalue weighted by molar-refractivity contribution is 0.590. The van der Waals surface area contributed by atoms with Gasteiger partial charge in [0.05, 0.1) is 6.33 Å². The topological polar surface area (TPSA) is 63.6 Å². The number of aromatic nitrogens is 4. The summed E-state index contributed by atoms with van der Waals surface area (Å²) in [6.45, 7) is 7.06. The maximum absolute atomic E-state index is 13.1. The summed E-state index contributed by atoms with van der Waals surface area (Å²) in [7, 11) is 0. The van der Waals surface area contributed by atoms with Gasteiger partial charge in [-0.25, -0.2) is 14.4 Å². The minimum Gasteiger partial charge on any atom is -0.320 e. The molecule has 2 heterocycles. The standard InChI is InChI=1S/C22H21FN4O/c1-22(2,3)16-8-4-14(5-9-16)12-27-13-24-20-18(27)21(28)26-19(25-20)15-6-10-17(23)11-7-15/h4-11,13H,12H2,1-3H3,(H,25,26,28). The third-order valence-electron chi connectivity index (χ3n) is 4.77. The molecule has 0 fully saturated rings. The fourth-order valence-corrected chi connectivity index (χ4v) is 3.16. The minimum atomic E-state index is -0.339. The van der Waals surface area contributed by atoms with Crippen molar-refractivity contribution >= 4 is 11.2 Å². The molecule has 0 aliphatic carbocycles. The Kier molecular flexibility index (Phi) is 4.34. The smallest absolute Gasteiger partial charge is 0.277 e. The van der Waals surface area contributed by atoms with Crippen LogP contribution in [0.4, 0.5) is 4.39 Å². The second kappa shape index (κ2) is 6.71. The molecule has 0 amide bonds. The number of aromatic amines is 1. The Morgan fingerprint density at radius 1 is 1.04 bits per heavy atom. The van der Waals surface area contributed by atoms with Crippen molar-refractivity contribution in [2.75, 3.05) is 0 Å². The van der Waals surface area contributed by atoms with Crippen LogP contribution in [0.1, 0.15) is 31.9 Å². The van der Waals surface area contributed by atoms with Gasteiger partial charge in [0, 0.05) is 12.1 Å². The van der Waals surface area contributed by atoms with Crippen molar-refractivity contribution < 1.29 is 4.39 Å². The van der Waals surface area contributed by atoms with Gasteiger partial charge in [-0.3, -0.25) is 4.79 Å². The number of benzene rings is 2. The van der Waals surface area contributed by atoms with Crippen LogP contribution >= 0.6 is 0 Å². The predicted octanol–water partition coefficient (Wildman–Crippen LogP) is 4.27. The fourth-order valence-electron chi connectivity index (χ4n) is 3.16. The summed E-state index contributed by atoms with van der Waals surface area (Å²) in [6.07, 6.45) is 1.62. The van der Waals surface area contributed by atoms with Crippen molar-refractivity contribution in [1.82, 2.24) is 19.5 Å². The zero-order valence-electron chi connectivity index (χ0n) is 16.0. The normalized spacial score (nSPS) is 11.9. The van der Waals surface area contributed by atoms with Crippen LogP contribution in [0.3, 0.4) is 0 Å². The molecule has 0 spiro atoms. The summed E-state index contributed by atoms with van der Waals surface area (Å²) in [5.74, 6) is 0.0335.